The molecule has 4 nitrogen and oxygen atoms in total. The number of nitrogens with one attached hydrogen (secondary N) is 1. The number of ketones is 1. The van der Waals surface area contributed by atoms with Crippen LogP contribution in [0.3, 0.4) is 0 Å². The first-order valence-corrected chi connectivity index (χ1v) is 9.05. The fourth-order valence-electron chi connectivity index (χ4n) is 2.43. The fraction of sp³-hybridized carbons (Fsp3) is 0.889. The Labute approximate surface area is 166 Å². The molecule has 1 unspecified atom stereocenters. The van der Waals surface area contributed by atoms with Crippen LogP contribution in [-0.4, -0.2) is 29.4 Å². The van der Waals surface area contributed by atoms with Crippen LogP contribution in [0.15, 0.2) is 0 Å². The number of carboxylic acids is 1. The van der Waals surface area contributed by atoms with Gasteiger partial charge in [-0.15, -0.1) is 0 Å². The summed E-state index contributed by atoms with van der Waals surface area (Å²) < 4.78 is 0. The summed E-state index contributed by atoms with van der Waals surface area (Å²) in [6, 6.07) is -0.652. The summed E-state index contributed by atoms with van der Waals surface area (Å²) in [6.45, 7) is 3.97. The van der Waals surface area contributed by atoms with Gasteiger partial charge in [-0.1, -0.05) is 71.1 Å². The van der Waals surface area contributed by atoms with Crippen molar-refractivity contribution < 1.29 is 45.7 Å². The van der Waals surface area contributed by atoms with Crippen molar-refractivity contribution in [1.82, 2.24) is 5.32 Å². The second kappa shape index (κ2) is 18.4. The molecule has 0 fully saturated rings. The number of hydrogen-bond donors (Lipinski definition) is 2. The predicted octanol–water partition coefficient (Wildman–Crippen LogP) is 1.44. The molecule has 1 atom stereocenters. The average molecular weight is 337 g/mol. The van der Waals surface area contributed by atoms with Crippen molar-refractivity contribution >= 4 is 11.8 Å². The predicted molar refractivity (Wildman–Crippen MR) is 92.3 cm³/mol. The van der Waals surface area contributed by atoms with Crippen LogP contribution < -0.4 is 34.9 Å². The summed E-state index contributed by atoms with van der Waals surface area (Å²) in [7, 11) is 0. The molecule has 0 aromatic carbocycles. The van der Waals surface area contributed by atoms with E-state index in [1.54, 1.807) is 6.92 Å². The minimum atomic E-state index is -0.914. The topological polar surface area (TPSA) is 66.4 Å². The van der Waals surface area contributed by atoms with Crippen LogP contribution in [0.4, 0.5) is 0 Å². The number of carboxylic acid groups (broad SMARTS) is 1. The van der Waals surface area contributed by atoms with Gasteiger partial charge in [0.25, 0.3) is 0 Å². The molecule has 0 amide bonds. The molecule has 0 aromatic heterocycles. The zero-order valence-electron chi connectivity index (χ0n) is 16.5. The molecule has 0 aliphatic heterocycles. The fourth-order valence-corrected chi connectivity index (χ4v) is 2.43. The SMILES string of the molecule is CCCCCCCCCCCCCC(=O)CNC(C)C(=O)O.[H-].[Na+]. The van der Waals surface area contributed by atoms with Gasteiger partial charge in [-0.2, -0.15) is 0 Å². The molecule has 132 valence electrons. The Kier molecular flexibility index (Phi) is 20.3. The summed E-state index contributed by atoms with van der Waals surface area (Å²) in [4.78, 5) is 22.2. The molecule has 0 saturated carbocycles. The Morgan fingerprint density at radius 1 is 0.913 bits per heavy atom. The van der Waals surface area contributed by atoms with Gasteiger partial charge in [0.05, 0.1) is 6.54 Å². The van der Waals surface area contributed by atoms with E-state index in [2.05, 4.69) is 12.2 Å². The van der Waals surface area contributed by atoms with Crippen LogP contribution in [0, 0.1) is 0 Å². The molecular weight excluding hydrogens is 301 g/mol. The Morgan fingerprint density at radius 2 is 1.35 bits per heavy atom. The molecule has 0 rings (SSSR count). The van der Waals surface area contributed by atoms with Gasteiger partial charge in [-0.3, -0.25) is 14.9 Å². The van der Waals surface area contributed by atoms with E-state index in [1.165, 1.54) is 57.8 Å². The minimum Gasteiger partial charge on any atom is -1.00 e. The maximum absolute atomic E-state index is 11.6. The molecule has 0 aliphatic rings. The van der Waals surface area contributed by atoms with Gasteiger partial charge in [0.2, 0.25) is 0 Å². The second-order valence-electron chi connectivity index (χ2n) is 6.27. The molecule has 0 bridgehead atoms. The Balaban J connectivity index is -0.00000220. The molecule has 0 radical (unpaired) electrons. The minimum absolute atomic E-state index is 0. The number of unbranched alkanes of at least 4 members (excludes halogenated alkanes) is 10. The van der Waals surface area contributed by atoms with Gasteiger partial charge in [0, 0.05) is 6.42 Å². The van der Waals surface area contributed by atoms with Crippen LogP contribution in [0.25, 0.3) is 0 Å². The van der Waals surface area contributed by atoms with Gasteiger partial charge in [0.1, 0.15) is 11.8 Å². The summed E-state index contributed by atoms with van der Waals surface area (Å²) >= 11 is 0. The molecule has 23 heavy (non-hydrogen) atoms. The molecule has 2 N–H and O–H groups in total. The van der Waals surface area contributed by atoms with Crippen molar-refractivity contribution in [3.05, 3.63) is 0 Å². The van der Waals surface area contributed by atoms with Crippen LogP contribution >= 0.6 is 0 Å². The van der Waals surface area contributed by atoms with Crippen molar-refractivity contribution in [2.75, 3.05) is 6.54 Å². The number of carbonyl (C=O) groups excluding carboxylic acids is 1. The van der Waals surface area contributed by atoms with Crippen LogP contribution in [0.5, 0.6) is 0 Å². The van der Waals surface area contributed by atoms with Gasteiger partial charge < -0.3 is 6.53 Å². The Bertz CT molecular complexity index is 304. The standard InChI is InChI=1S/C18H35NO3.Na.H/c1-3-4-5-6-7-8-9-10-11-12-13-14-17(20)15-19-16(2)18(21)22;;/h16,19H,3-15H2,1-2H3,(H,21,22);;/q;+1;-1. The van der Waals surface area contributed by atoms with Gasteiger partial charge in [-0.25, -0.2) is 0 Å². The molecule has 0 saturated heterocycles. The molecule has 0 spiro atoms. The van der Waals surface area contributed by atoms with Gasteiger partial charge in [0.15, 0.2) is 0 Å². The third-order valence-corrected chi connectivity index (χ3v) is 4.04. The monoisotopic (exact) mass is 337 g/mol. The summed E-state index contributed by atoms with van der Waals surface area (Å²) in [5.74, 6) is -0.800. The first-order valence-electron chi connectivity index (χ1n) is 9.05. The molecular formula is C18H36NNaO3. The maximum Gasteiger partial charge on any atom is 1.00 e. The van der Waals surface area contributed by atoms with Crippen LogP contribution in [-0.2, 0) is 9.59 Å². The van der Waals surface area contributed by atoms with E-state index in [0.29, 0.717) is 6.42 Å². The maximum atomic E-state index is 11.6. The smallest absolute Gasteiger partial charge is 1.00 e. The van der Waals surface area contributed by atoms with E-state index in [0.717, 1.165) is 12.8 Å². The number of carbonyl (C=O) groups is 2. The van der Waals surface area contributed by atoms with Crippen LogP contribution in [0.2, 0.25) is 0 Å². The molecule has 0 heterocycles. The third kappa shape index (κ3) is 18.3. The summed E-state index contributed by atoms with van der Waals surface area (Å²) in [5.41, 5.74) is 0. The number of Topliss-reactive ketones (excluding diaryl/α,β-unsaturated/α-hetero) is 1. The first-order chi connectivity index (χ1) is 10.6. The summed E-state index contributed by atoms with van der Waals surface area (Å²) in [5, 5.41) is 11.4. The molecule has 0 aromatic rings. The zero-order chi connectivity index (χ0) is 16.6. The quantitative estimate of drug-likeness (QED) is 0.330. The average Bonchev–Trinajstić information content (AvgIpc) is 2.50. The van der Waals surface area contributed by atoms with E-state index in [4.69, 9.17) is 5.11 Å². The van der Waals surface area contributed by atoms with Crippen molar-refractivity contribution in [3.63, 3.8) is 0 Å². The number of rotatable bonds is 16. The normalized spacial score (nSPS) is 11.7. The van der Waals surface area contributed by atoms with Gasteiger partial charge in [-0.05, 0) is 13.3 Å². The number of aliphatic carboxylic acids is 1. The number of hydrogen-bond acceptors (Lipinski definition) is 3. The Hall–Kier alpha value is 0.100. The van der Waals surface area contributed by atoms with E-state index in [-0.39, 0.29) is 43.3 Å². The second-order valence-corrected chi connectivity index (χ2v) is 6.27. The third-order valence-electron chi connectivity index (χ3n) is 4.04. The summed E-state index contributed by atoms with van der Waals surface area (Å²) in [6.07, 6.45) is 14.6. The molecule has 5 heteroatoms. The first kappa shape index (κ1) is 25.3. The van der Waals surface area contributed by atoms with Crippen molar-refractivity contribution in [2.24, 2.45) is 0 Å². The van der Waals surface area contributed by atoms with E-state index < -0.39 is 12.0 Å². The van der Waals surface area contributed by atoms with Crippen molar-refractivity contribution in [3.8, 4) is 0 Å². The molecule has 0 aliphatic carbocycles. The zero-order valence-corrected chi connectivity index (χ0v) is 17.5. The van der Waals surface area contributed by atoms with E-state index >= 15 is 0 Å². The van der Waals surface area contributed by atoms with Crippen molar-refractivity contribution in [1.29, 1.82) is 0 Å². The van der Waals surface area contributed by atoms with Crippen molar-refractivity contribution in [2.45, 2.75) is 96.9 Å². The van der Waals surface area contributed by atoms with E-state index in [9.17, 15) is 9.59 Å². The van der Waals surface area contributed by atoms with E-state index in [1.807, 2.05) is 0 Å². The van der Waals surface area contributed by atoms with Gasteiger partial charge >= 0.3 is 35.5 Å². The van der Waals surface area contributed by atoms with Crippen LogP contribution in [0.1, 0.15) is 92.3 Å². The largest absolute Gasteiger partial charge is 1.00 e. The Morgan fingerprint density at radius 3 is 1.78 bits per heavy atom.